The molecule has 12 heteroatoms. The van der Waals surface area contributed by atoms with Crippen molar-refractivity contribution < 1.29 is 38.9 Å². The second-order valence-electron chi connectivity index (χ2n) is 10.4. The molecule has 3 saturated heterocycles. The van der Waals surface area contributed by atoms with E-state index in [1.165, 1.54) is 33.7 Å². The summed E-state index contributed by atoms with van der Waals surface area (Å²) in [7, 11) is 0. The van der Waals surface area contributed by atoms with Gasteiger partial charge in [0, 0.05) is 35.7 Å². The summed E-state index contributed by atoms with van der Waals surface area (Å²) in [5.74, 6) is -2.06. The lowest BCUT2D eigenvalue weighted by molar-refractivity contribution is -0.164. The molecule has 3 fully saturated rings. The topological polar surface area (TPSA) is 137 Å². The molecule has 0 spiro atoms. The first-order chi connectivity index (χ1) is 18.6. The van der Waals surface area contributed by atoms with Crippen LogP contribution in [0.5, 0.6) is 0 Å². The summed E-state index contributed by atoms with van der Waals surface area (Å²) in [5, 5.41) is 19.8. The van der Waals surface area contributed by atoms with Crippen LogP contribution < -0.4 is 0 Å². The fraction of sp³-hybridized carbons (Fsp3) is 0.630. The molecule has 4 aliphatic rings. The molecule has 0 saturated carbocycles. The van der Waals surface area contributed by atoms with Crippen LogP contribution in [-0.2, 0) is 23.9 Å². The average molecular weight is 564 g/mol. The number of nitrogens with zero attached hydrogens (tertiary/aromatic N) is 3. The molecule has 0 aromatic rings. The third-order valence-electron chi connectivity index (χ3n) is 7.81. The summed E-state index contributed by atoms with van der Waals surface area (Å²) in [4.78, 5) is 57.6. The quantitative estimate of drug-likeness (QED) is 0.241. The maximum Gasteiger partial charge on any atom is 0.410 e. The van der Waals surface area contributed by atoms with E-state index >= 15 is 0 Å². The Balaban J connectivity index is 1.58. The Morgan fingerprint density at radius 3 is 2.41 bits per heavy atom. The highest BCUT2D eigenvalue weighted by Gasteiger charge is 2.60. The number of ether oxygens (including phenoxy) is 2. The number of amides is 3. The minimum absolute atomic E-state index is 0.00488. The molecular formula is C27H37N3O8S. The maximum atomic E-state index is 13.5. The Hall–Kier alpha value is -2.83. The maximum absolute atomic E-state index is 13.5. The molecule has 11 nitrogen and oxygen atoms in total. The number of hydrogen-bond acceptors (Lipinski definition) is 9. The van der Waals surface area contributed by atoms with Crippen molar-refractivity contribution in [3.63, 3.8) is 0 Å². The van der Waals surface area contributed by atoms with Gasteiger partial charge in [0.1, 0.15) is 25.0 Å². The number of hydrogen-bond donors (Lipinski definition) is 2. The summed E-state index contributed by atoms with van der Waals surface area (Å²) in [6.07, 6.45) is 2.25. The van der Waals surface area contributed by atoms with E-state index in [9.17, 15) is 29.4 Å². The van der Waals surface area contributed by atoms with E-state index in [2.05, 4.69) is 13.2 Å². The normalized spacial score (nSPS) is 29.6. The van der Waals surface area contributed by atoms with Gasteiger partial charge < -0.3 is 29.5 Å². The smallest absolute Gasteiger partial charge is 0.410 e. The van der Waals surface area contributed by atoms with Crippen LogP contribution in [0.4, 0.5) is 4.79 Å². The highest BCUT2D eigenvalue weighted by Crippen LogP contribution is 2.52. The SMILES string of the molecule is C=CCOC(=O)C1=C(S[C@H]2C[C@@H](C(=O)N3CCC(O)CC3)N(C(=O)OCC=C)C2)[C@H](C)[C@@H]2[C@@H]([C@@H](C)O)C(=O)N12. The van der Waals surface area contributed by atoms with Crippen LogP contribution in [0.15, 0.2) is 35.9 Å². The van der Waals surface area contributed by atoms with E-state index < -0.39 is 36.2 Å². The number of piperidine rings is 1. The summed E-state index contributed by atoms with van der Waals surface area (Å²) in [6.45, 7) is 11.6. The lowest BCUT2D eigenvalue weighted by atomic mass is 9.79. The monoisotopic (exact) mass is 563 g/mol. The Bertz CT molecular complexity index is 1050. The van der Waals surface area contributed by atoms with Crippen LogP contribution in [0, 0.1) is 11.8 Å². The first-order valence-electron chi connectivity index (χ1n) is 13.3. The lowest BCUT2D eigenvalue weighted by Crippen LogP contribution is -2.63. The number of aliphatic hydroxyl groups excluding tert-OH is 2. The van der Waals surface area contributed by atoms with Gasteiger partial charge in [-0.2, -0.15) is 0 Å². The van der Waals surface area contributed by atoms with Crippen molar-refractivity contribution in [2.45, 2.75) is 62.7 Å². The minimum atomic E-state index is -0.873. The fourth-order valence-corrected chi connectivity index (χ4v) is 7.40. The molecule has 39 heavy (non-hydrogen) atoms. The summed E-state index contributed by atoms with van der Waals surface area (Å²) in [6, 6.07) is -1.13. The molecule has 0 radical (unpaired) electrons. The molecule has 0 bridgehead atoms. The zero-order valence-electron chi connectivity index (χ0n) is 22.4. The molecule has 214 valence electrons. The van der Waals surface area contributed by atoms with Gasteiger partial charge in [-0.3, -0.25) is 14.5 Å². The third-order valence-corrected chi connectivity index (χ3v) is 9.30. The van der Waals surface area contributed by atoms with Crippen molar-refractivity contribution in [3.05, 3.63) is 35.9 Å². The highest BCUT2D eigenvalue weighted by molar-refractivity contribution is 8.03. The van der Waals surface area contributed by atoms with Gasteiger partial charge in [-0.15, -0.1) is 11.8 Å². The van der Waals surface area contributed by atoms with Crippen LogP contribution in [0.2, 0.25) is 0 Å². The number of likely N-dealkylation sites (tertiary alicyclic amines) is 2. The van der Waals surface area contributed by atoms with Crippen molar-refractivity contribution in [2.24, 2.45) is 11.8 Å². The molecular weight excluding hydrogens is 526 g/mol. The number of thioether (sulfide) groups is 1. The Labute approximate surface area is 232 Å². The number of carbonyl (C=O) groups excluding carboxylic acids is 4. The summed E-state index contributed by atoms with van der Waals surface area (Å²) < 4.78 is 10.6. The second kappa shape index (κ2) is 12.1. The van der Waals surface area contributed by atoms with Gasteiger partial charge in [-0.1, -0.05) is 32.2 Å². The fourth-order valence-electron chi connectivity index (χ4n) is 5.88. The van der Waals surface area contributed by atoms with Crippen molar-refractivity contribution in [1.82, 2.24) is 14.7 Å². The van der Waals surface area contributed by atoms with E-state index in [0.29, 0.717) is 37.3 Å². The lowest BCUT2D eigenvalue weighted by Gasteiger charge is -2.46. The van der Waals surface area contributed by atoms with E-state index in [1.54, 1.807) is 11.8 Å². The zero-order valence-corrected chi connectivity index (χ0v) is 23.2. The third kappa shape index (κ3) is 5.59. The standard InChI is InChI=1S/C27H37N3O8S/c1-5-11-37-26(35)22-23(15(3)21-20(16(4)31)25(34)30(21)22)39-18-13-19(29(14-18)27(36)38-12-6-2)24(33)28-9-7-17(32)8-10-28/h5-6,15-21,31-32H,1-2,7-14H2,3-4H3/t15-,16-,18+,19+,20-,21-/m1/s1. The van der Waals surface area contributed by atoms with E-state index in [4.69, 9.17) is 9.47 Å². The minimum Gasteiger partial charge on any atom is -0.457 e. The van der Waals surface area contributed by atoms with E-state index in [0.717, 1.165) is 0 Å². The Kier molecular flexibility index (Phi) is 9.07. The molecule has 3 amide bonds. The molecule has 0 aliphatic carbocycles. The van der Waals surface area contributed by atoms with E-state index in [1.807, 2.05) is 6.92 Å². The number of carbonyl (C=O) groups is 4. The average Bonchev–Trinajstić information content (AvgIpc) is 3.43. The first kappa shape index (κ1) is 29.2. The highest BCUT2D eigenvalue weighted by atomic mass is 32.2. The van der Waals surface area contributed by atoms with Gasteiger partial charge in [0.2, 0.25) is 11.8 Å². The van der Waals surface area contributed by atoms with Gasteiger partial charge in [-0.25, -0.2) is 9.59 Å². The van der Waals surface area contributed by atoms with E-state index in [-0.39, 0.29) is 54.5 Å². The zero-order chi connectivity index (χ0) is 28.4. The summed E-state index contributed by atoms with van der Waals surface area (Å²) in [5.41, 5.74) is 0.154. The molecule has 0 aromatic carbocycles. The second-order valence-corrected chi connectivity index (χ2v) is 11.8. The number of fused-ring (bicyclic) bond motifs is 1. The molecule has 4 aliphatic heterocycles. The largest absolute Gasteiger partial charge is 0.457 e. The molecule has 4 rings (SSSR count). The number of β-lactam (4-membered cyclic amide) rings is 1. The molecule has 0 aromatic heterocycles. The van der Waals surface area contributed by atoms with Crippen molar-refractivity contribution in [3.8, 4) is 0 Å². The van der Waals surface area contributed by atoms with Crippen molar-refractivity contribution in [2.75, 3.05) is 32.8 Å². The van der Waals surface area contributed by atoms with Gasteiger partial charge in [0.15, 0.2) is 0 Å². The number of esters is 1. The Morgan fingerprint density at radius 1 is 1.15 bits per heavy atom. The van der Waals surface area contributed by atoms with Crippen LogP contribution in [-0.4, -0.2) is 111 Å². The predicted molar refractivity (Wildman–Crippen MR) is 143 cm³/mol. The molecule has 4 heterocycles. The van der Waals surface area contributed by atoms with Crippen molar-refractivity contribution >= 4 is 35.6 Å². The predicted octanol–water partition coefficient (Wildman–Crippen LogP) is 1.27. The van der Waals surface area contributed by atoms with Crippen LogP contribution in [0.1, 0.15) is 33.1 Å². The van der Waals surface area contributed by atoms with Crippen LogP contribution in [0.25, 0.3) is 0 Å². The van der Waals surface area contributed by atoms with Gasteiger partial charge in [-0.05, 0) is 26.2 Å². The summed E-state index contributed by atoms with van der Waals surface area (Å²) >= 11 is 1.37. The van der Waals surface area contributed by atoms with Gasteiger partial charge >= 0.3 is 12.1 Å². The molecule has 6 atom stereocenters. The van der Waals surface area contributed by atoms with Crippen LogP contribution in [0.3, 0.4) is 0 Å². The first-order valence-corrected chi connectivity index (χ1v) is 14.2. The van der Waals surface area contributed by atoms with Crippen molar-refractivity contribution in [1.29, 1.82) is 0 Å². The van der Waals surface area contributed by atoms with Gasteiger partial charge in [0.25, 0.3) is 0 Å². The molecule has 0 unspecified atom stereocenters. The molecule has 2 N–H and O–H groups in total. The number of rotatable bonds is 9. The van der Waals surface area contributed by atoms with Crippen LogP contribution >= 0.6 is 11.8 Å². The number of aliphatic hydroxyl groups is 2. The van der Waals surface area contributed by atoms with Gasteiger partial charge in [0.05, 0.1) is 24.2 Å². The Morgan fingerprint density at radius 2 is 1.79 bits per heavy atom.